The van der Waals surface area contributed by atoms with E-state index in [0.717, 1.165) is 40.8 Å². The predicted octanol–water partition coefficient (Wildman–Crippen LogP) is 4.90. The largest absolute Gasteiger partial charge is 0.497 e. The maximum Gasteiger partial charge on any atom is 0.258 e. The molecule has 3 rings (SSSR count). The van der Waals surface area contributed by atoms with Crippen molar-refractivity contribution in [1.29, 1.82) is 0 Å². The summed E-state index contributed by atoms with van der Waals surface area (Å²) >= 11 is 0. The van der Waals surface area contributed by atoms with Gasteiger partial charge in [-0.15, -0.1) is 12.4 Å². The maximum atomic E-state index is 12.2. The van der Waals surface area contributed by atoms with Crippen molar-refractivity contribution >= 4 is 29.1 Å². The van der Waals surface area contributed by atoms with Crippen LogP contribution in [0.5, 0.6) is 11.5 Å². The molecule has 6 heteroatoms. The van der Waals surface area contributed by atoms with E-state index in [1.54, 1.807) is 7.11 Å². The van der Waals surface area contributed by atoms with E-state index in [4.69, 9.17) is 9.47 Å². The van der Waals surface area contributed by atoms with Gasteiger partial charge < -0.3 is 20.1 Å². The summed E-state index contributed by atoms with van der Waals surface area (Å²) < 4.78 is 11.1. The lowest BCUT2D eigenvalue weighted by Gasteiger charge is -2.21. The van der Waals surface area contributed by atoms with Crippen molar-refractivity contribution in [2.24, 2.45) is 0 Å². The van der Waals surface area contributed by atoms with Crippen LogP contribution in [0.2, 0.25) is 0 Å². The molecule has 172 valence electrons. The summed E-state index contributed by atoms with van der Waals surface area (Å²) in [5, 5.41) is 8.75. The molecule has 0 aliphatic heterocycles. The van der Waals surface area contributed by atoms with Gasteiger partial charge in [0, 0.05) is 17.6 Å². The first kappa shape index (κ1) is 25.5. The zero-order valence-corrected chi connectivity index (χ0v) is 20.1. The van der Waals surface area contributed by atoms with Gasteiger partial charge in [-0.3, -0.25) is 4.79 Å². The highest BCUT2D eigenvalue weighted by atomic mass is 35.5. The molecule has 0 heterocycles. The standard InChI is InChI=1S/C26H32N2O3.ClH/c1-26(2,3)28-25(29)18-31-24-14-11-20-7-5-6-8-22(20)23(24)17-27-16-15-19-9-12-21(30-4)13-10-19;/h5-14,27H,15-18H2,1-4H3,(H,28,29);1H. The van der Waals surface area contributed by atoms with Gasteiger partial charge in [-0.25, -0.2) is 0 Å². The predicted molar refractivity (Wildman–Crippen MR) is 133 cm³/mol. The molecule has 0 bridgehead atoms. The average Bonchev–Trinajstić information content (AvgIpc) is 2.75. The number of halogens is 1. The van der Waals surface area contributed by atoms with Crippen LogP contribution in [0.4, 0.5) is 0 Å². The number of fused-ring (bicyclic) bond motifs is 1. The number of carbonyl (C=O) groups excluding carboxylic acids is 1. The number of hydrogen-bond donors (Lipinski definition) is 2. The Morgan fingerprint density at radius 3 is 2.38 bits per heavy atom. The van der Waals surface area contributed by atoms with Crippen molar-refractivity contribution in [2.75, 3.05) is 20.3 Å². The number of carbonyl (C=O) groups is 1. The Morgan fingerprint density at radius 1 is 0.969 bits per heavy atom. The first-order chi connectivity index (χ1) is 14.9. The molecule has 32 heavy (non-hydrogen) atoms. The fourth-order valence-corrected chi connectivity index (χ4v) is 3.47. The van der Waals surface area contributed by atoms with E-state index >= 15 is 0 Å². The summed E-state index contributed by atoms with van der Waals surface area (Å²) in [6.45, 7) is 7.36. The Bertz CT molecular complexity index is 1010. The first-order valence-electron chi connectivity index (χ1n) is 10.6. The third-order valence-electron chi connectivity index (χ3n) is 4.92. The number of ether oxygens (including phenoxy) is 2. The van der Waals surface area contributed by atoms with Crippen LogP contribution in [0.1, 0.15) is 31.9 Å². The van der Waals surface area contributed by atoms with E-state index in [9.17, 15) is 4.79 Å². The summed E-state index contributed by atoms with van der Waals surface area (Å²) in [6.07, 6.45) is 0.916. The van der Waals surface area contributed by atoms with E-state index in [1.807, 2.05) is 57.2 Å². The molecule has 5 nitrogen and oxygen atoms in total. The molecule has 0 unspecified atom stereocenters. The number of benzene rings is 3. The Labute approximate surface area is 196 Å². The van der Waals surface area contributed by atoms with Crippen molar-refractivity contribution in [3.05, 3.63) is 71.8 Å². The fraction of sp³-hybridized carbons (Fsp3) is 0.346. The number of methoxy groups -OCH3 is 1. The second-order valence-corrected chi connectivity index (χ2v) is 8.63. The number of nitrogens with one attached hydrogen (secondary N) is 2. The van der Waals surface area contributed by atoms with Crippen molar-refractivity contribution < 1.29 is 14.3 Å². The number of amides is 1. The molecule has 2 N–H and O–H groups in total. The van der Waals surface area contributed by atoms with Crippen LogP contribution in [-0.2, 0) is 17.8 Å². The van der Waals surface area contributed by atoms with Crippen LogP contribution in [-0.4, -0.2) is 31.7 Å². The van der Waals surface area contributed by atoms with Gasteiger partial charge in [0.05, 0.1) is 7.11 Å². The molecule has 3 aromatic rings. The monoisotopic (exact) mass is 456 g/mol. The minimum atomic E-state index is -0.282. The SMILES string of the molecule is COc1ccc(CCNCc2c(OCC(=O)NC(C)(C)C)ccc3ccccc23)cc1.Cl. The lowest BCUT2D eigenvalue weighted by Crippen LogP contribution is -2.43. The average molecular weight is 457 g/mol. The third-order valence-corrected chi connectivity index (χ3v) is 4.92. The third kappa shape index (κ3) is 7.43. The topological polar surface area (TPSA) is 59.6 Å². The lowest BCUT2D eigenvalue weighted by atomic mass is 10.0. The van der Waals surface area contributed by atoms with Crippen LogP contribution in [0, 0.1) is 0 Å². The fourth-order valence-electron chi connectivity index (χ4n) is 3.47. The van der Waals surface area contributed by atoms with Gasteiger partial charge in [0.25, 0.3) is 5.91 Å². The summed E-state index contributed by atoms with van der Waals surface area (Å²) in [7, 11) is 1.67. The van der Waals surface area contributed by atoms with Gasteiger partial charge in [0.1, 0.15) is 11.5 Å². The quantitative estimate of drug-likeness (QED) is 0.450. The highest BCUT2D eigenvalue weighted by Crippen LogP contribution is 2.28. The van der Waals surface area contributed by atoms with Gasteiger partial charge >= 0.3 is 0 Å². The minimum absolute atomic E-state index is 0. The molecular weight excluding hydrogens is 424 g/mol. The molecule has 1 amide bonds. The summed E-state index contributed by atoms with van der Waals surface area (Å²) in [5.74, 6) is 1.48. The van der Waals surface area contributed by atoms with Crippen LogP contribution >= 0.6 is 12.4 Å². The highest BCUT2D eigenvalue weighted by Gasteiger charge is 2.15. The Kier molecular flexibility index (Phi) is 9.36. The molecular formula is C26H33ClN2O3. The number of rotatable bonds is 9. The highest BCUT2D eigenvalue weighted by molar-refractivity contribution is 5.88. The summed E-state index contributed by atoms with van der Waals surface area (Å²) in [5.41, 5.74) is 2.04. The first-order valence-corrected chi connectivity index (χ1v) is 10.6. The van der Waals surface area contributed by atoms with Gasteiger partial charge in [0.15, 0.2) is 6.61 Å². The van der Waals surface area contributed by atoms with Crippen LogP contribution < -0.4 is 20.1 Å². The summed E-state index contributed by atoms with van der Waals surface area (Å²) in [6, 6.07) is 20.4. The molecule has 0 aliphatic rings. The molecule has 0 radical (unpaired) electrons. The second kappa shape index (κ2) is 11.7. The molecule has 3 aromatic carbocycles. The lowest BCUT2D eigenvalue weighted by molar-refractivity contribution is -0.124. The van der Waals surface area contributed by atoms with Crippen molar-refractivity contribution in [3.63, 3.8) is 0 Å². The van der Waals surface area contributed by atoms with Gasteiger partial charge in [0.2, 0.25) is 0 Å². The zero-order chi connectivity index (χ0) is 22.3. The Morgan fingerprint density at radius 2 is 1.69 bits per heavy atom. The van der Waals surface area contributed by atoms with E-state index in [2.05, 4.69) is 34.9 Å². The molecule has 0 aromatic heterocycles. The summed E-state index contributed by atoms with van der Waals surface area (Å²) in [4.78, 5) is 12.2. The van der Waals surface area contributed by atoms with Crippen LogP contribution in [0.25, 0.3) is 10.8 Å². The molecule has 0 spiro atoms. The molecule has 0 atom stereocenters. The molecule has 0 saturated carbocycles. The maximum absolute atomic E-state index is 12.2. The van der Waals surface area contributed by atoms with E-state index in [1.165, 1.54) is 5.56 Å². The smallest absolute Gasteiger partial charge is 0.258 e. The van der Waals surface area contributed by atoms with Crippen molar-refractivity contribution in [1.82, 2.24) is 10.6 Å². The number of hydrogen-bond acceptors (Lipinski definition) is 4. The normalized spacial score (nSPS) is 11.0. The molecule has 0 fully saturated rings. The van der Waals surface area contributed by atoms with Gasteiger partial charge in [-0.2, -0.15) is 0 Å². The van der Waals surface area contributed by atoms with Gasteiger partial charge in [-0.05, 0) is 68.3 Å². The Hall–Kier alpha value is -2.76. The van der Waals surface area contributed by atoms with Crippen molar-refractivity contribution in [3.8, 4) is 11.5 Å². The Balaban J connectivity index is 0.00000363. The van der Waals surface area contributed by atoms with E-state index < -0.39 is 0 Å². The van der Waals surface area contributed by atoms with Gasteiger partial charge in [-0.1, -0.05) is 42.5 Å². The second-order valence-electron chi connectivity index (χ2n) is 8.63. The molecule has 0 saturated heterocycles. The van der Waals surface area contributed by atoms with Crippen LogP contribution in [0.3, 0.4) is 0 Å². The minimum Gasteiger partial charge on any atom is -0.497 e. The zero-order valence-electron chi connectivity index (χ0n) is 19.2. The van der Waals surface area contributed by atoms with Crippen molar-refractivity contribution in [2.45, 2.75) is 39.3 Å². The van der Waals surface area contributed by atoms with E-state index in [0.29, 0.717) is 6.54 Å². The molecule has 0 aliphatic carbocycles. The van der Waals surface area contributed by atoms with E-state index in [-0.39, 0.29) is 30.5 Å². The van der Waals surface area contributed by atoms with Crippen LogP contribution in [0.15, 0.2) is 60.7 Å².